The number of halogens is 1. The van der Waals surface area contributed by atoms with E-state index in [0.717, 1.165) is 22.6 Å². The van der Waals surface area contributed by atoms with Crippen molar-refractivity contribution < 1.29 is 4.74 Å². The zero-order valence-electron chi connectivity index (χ0n) is 10.2. The maximum absolute atomic E-state index is 5.97. The zero-order valence-corrected chi connectivity index (χ0v) is 12.7. The first-order chi connectivity index (χ1) is 8.15. The molecule has 94 valence electrons. The molecular formula is C14H19BrOS. The van der Waals surface area contributed by atoms with Gasteiger partial charge in [-0.25, -0.2) is 0 Å². The van der Waals surface area contributed by atoms with Gasteiger partial charge in [0.25, 0.3) is 0 Å². The summed E-state index contributed by atoms with van der Waals surface area (Å²) in [6.07, 6.45) is 5.14. The van der Waals surface area contributed by atoms with Gasteiger partial charge in [0.05, 0.1) is 11.1 Å². The fourth-order valence-corrected chi connectivity index (χ4v) is 3.44. The molecule has 1 fully saturated rings. The second kappa shape index (κ2) is 5.66. The van der Waals surface area contributed by atoms with Crippen molar-refractivity contribution in [1.82, 2.24) is 0 Å². The van der Waals surface area contributed by atoms with Gasteiger partial charge < -0.3 is 4.74 Å². The van der Waals surface area contributed by atoms with Crippen LogP contribution in [0.1, 0.15) is 31.2 Å². The Morgan fingerprint density at radius 3 is 2.65 bits per heavy atom. The third-order valence-corrected chi connectivity index (χ3v) is 4.91. The number of benzene rings is 1. The van der Waals surface area contributed by atoms with Gasteiger partial charge in [-0.3, -0.25) is 0 Å². The molecular weight excluding hydrogens is 296 g/mol. The van der Waals surface area contributed by atoms with Gasteiger partial charge in [-0.2, -0.15) is 12.6 Å². The second-order valence-electron chi connectivity index (χ2n) is 5.09. The van der Waals surface area contributed by atoms with Gasteiger partial charge in [0.15, 0.2) is 0 Å². The van der Waals surface area contributed by atoms with E-state index in [-0.39, 0.29) is 0 Å². The molecule has 1 aromatic rings. The lowest BCUT2D eigenvalue weighted by Crippen LogP contribution is -2.27. The number of rotatable bonds is 4. The van der Waals surface area contributed by atoms with Crippen LogP contribution in [0.3, 0.4) is 0 Å². The van der Waals surface area contributed by atoms with Crippen molar-refractivity contribution in [3.05, 3.63) is 28.2 Å². The van der Waals surface area contributed by atoms with Crippen LogP contribution in [0, 0.1) is 12.3 Å². The average molecular weight is 315 g/mol. The van der Waals surface area contributed by atoms with Crippen LogP contribution < -0.4 is 4.74 Å². The van der Waals surface area contributed by atoms with Crippen molar-refractivity contribution in [1.29, 1.82) is 0 Å². The molecule has 1 aliphatic rings. The first-order valence-corrected chi connectivity index (χ1v) is 7.58. The first kappa shape index (κ1) is 13.3. The highest BCUT2D eigenvalue weighted by molar-refractivity contribution is 9.10. The highest BCUT2D eigenvalue weighted by atomic mass is 79.9. The zero-order chi connectivity index (χ0) is 12.3. The topological polar surface area (TPSA) is 9.23 Å². The molecule has 0 spiro atoms. The highest BCUT2D eigenvalue weighted by Gasteiger charge is 2.33. The molecule has 0 aromatic heterocycles. The fourth-order valence-electron chi connectivity index (χ4n) is 2.43. The van der Waals surface area contributed by atoms with E-state index in [2.05, 4.69) is 47.6 Å². The van der Waals surface area contributed by atoms with Crippen LogP contribution in [0.4, 0.5) is 0 Å². The molecule has 0 heterocycles. The number of hydrogen-bond acceptors (Lipinski definition) is 2. The van der Waals surface area contributed by atoms with Crippen LogP contribution in [0.25, 0.3) is 0 Å². The SMILES string of the molecule is Cc1ccc(OCC2(CS)CCCC2)c(Br)c1. The van der Waals surface area contributed by atoms with Crippen molar-refractivity contribution in [3.8, 4) is 5.75 Å². The monoisotopic (exact) mass is 314 g/mol. The third kappa shape index (κ3) is 3.19. The van der Waals surface area contributed by atoms with Crippen molar-refractivity contribution in [2.24, 2.45) is 5.41 Å². The lowest BCUT2D eigenvalue weighted by Gasteiger charge is -2.27. The van der Waals surface area contributed by atoms with Gasteiger partial charge in [-0.1, -0.05) is 18.9 Å². The summed E-state index contributed by atoms with van der Waals surface area (Å²) in [5.74, 6) is 1.87. The van der Waals surface area contributed by atoms with Crippen LogP contribution >= 0.6 is 28.6 Å². The lowest BCUT2D eigenvalue weighted by atomic mass is 9.90. The van der Waals surface area contributed by atoms with Crippen molar-refractivity contribution in [3.63, 3.8) is 0 Å². The molecule has 1 saturated carbocycles. The van der Waals surface area contributed by atoms with Crippen LogP contribution in [-0.4, -0.2) is 12.4 Å². The van der Waals surface area contributed by atoms with Gasteiger partial charge in [0.2, 0.25) is 0 Å². The number of thiol groups is 1. The first-order valence-electron chi connectivity index (χ1n) is 6.15. The van der Waals surface area contributed by atoms with E-state index in [1.54, 1.807) is 0 Å². The summed E-state index contributed by atoms with van der Waals surface area (Å²) >= 11 is 8.05. The standard InChI is InChI=1S/C14H19BrOS/c1-11-4-5-13(12(15)8-11)16-9-14(10-17)6-2-3-7-14/h4-5,8,17H,2-3,6-7,9-10H2,1H3. The molecule has 0 unspecified atom stereocenters. The Labute approximate surface area is 117 Å². The third-order valence-electron chi connectivity index (χ3n) is 3.62. The van der Waals surface area contributed by atoms with Crippen LogP contribution in [0.5, 0.6) is 5.75 Å². The van der Waals surface area contributed by atoms with E-state index in [0.29, 0.717) is 5.41 Å². The van der Waals surface area contributed by atoms with Crippen LogP contribution in [0.15, 0.2) is 22.7 Å². The van der Waals surface area contributed by atoms with E-state index < -0.39 is 0 Å². The Kier molecular flexibility index (Phi) is 4.42. The van der Waals surface area contributed by atoms with E-state index >= 15 is 0 Å². The summed E-state index contributed by atoms with van der Waals surface area (Å²) in [6.45, 7) is 2.87. The molecule has 0 amide bonds. The molecule has 0 radical (unpaired) electrons. The average Bonchev–Trinajstić information content (AvgIpc) is 2.77. The second-order valence-corrected chi connectivity index (χ2v) is 6.26. The molecule has 1 aliphatic carbocycles. The van der Waals surface area contributed by atoms with Gasteiger partial charge in [-0.15, -0.1) is 0 Å². The quantitative estimate of drug-likeness (QED) is 0.797. The van der Waals surface area contributed by atoms with E-state index in [1.165, 1.54) is 31.2 Å². The van der Waals surface area contributed by atoms with Gasteiger partial charge in [0, 0.05) is 5.41 Å². The predicted octanol–water partition coefficient (Wildman–Crippen LogP) is 4.63. The number of aryl methyl sites for hydroxylation is 1. The fraction of sp³-hybridized carbons (Fsp3) is 0.571. The molecule has 0 aliphatic heterocycles. The summed E-state index contributed by atoms with van der Waals surface area (Å²) in [7, 11) is 0. The number of hydrogen-bond donors (Lipinski definition) is 1. The van der Waals surface area contributed by atoms with Crippen molar-refractivity contribution in [2.45, 2.75) is 32.6 Å². The Bertz CT molecular complexity index is 386. The van der Waals surface area contributed by atoms with E-state index in [4.69, 9.17) is 4.74 Å². The lowest BCUT2D eigenvalue weighted by molar-refractivity contribution is 0.172. The molecule has 2 rings (SSSR count). The Hall–Kier alpha value is -0.150. The van der Waals surface area contributed by atoms with E-state index in [1.807, 2.05) is 6.07 Å². The minimum absolute atomic E-state index is 0.299. The molecule has 0 saturated heterocycles. The van der Waals surface area contributed by atoms with Crippen molar-refractivity contribution >= 4 is 28.6 Å². The highest BCUT2D eigenvalue weighted by Crippen LogP contribution is 2.40. The smallest absolute Gasteiger partial charge is 0.133 e. The summed E-state index contributed by atoms with van der Waals surface area (Å²) in [5.41, 5.74) is 1.54. The maximum atomic E-state index is 5.97. The molecule has 0 N–H and O–H groups in total. The molecule has 1 aromatic carbocycles. The van der Waals surface area contributed by atoms with E-state index in [9.17, 15) is 0 Å². The minimum Gasteiger partial charge on any atom is -0.492 e. The predicted molar refractivity (Wildman–Crippen MR) is 79.1 cm³/mol. The molecule has 1 nitrogen and oxygen atoms in total. The van der Waals surface area contributed by atoms with Gasteiger partial charge in [0.1, 0.15) is 5.75 Å². The summed E-state index contributed by atoms with van der Waals surface area (Å²) < 4.78 is 7.02. The maximum Gasteiger partial charge on any atom is 0.133 e. The molecule has 0 atom stereocenters. The minimum atomic E-state index is 0.299. The Morgan fingerprint density at radius 2 is 2.06 bits per heavy atom. The molecule has 17 heavy (non-hydrogen) atoms. The summed E-state index contributed by atoms with van der Waals surface area (Å²) in [5, 5.41) is 0. The molecule has 0 bridgehead atoms. The van der Waals surface area contributed by atoms with Crippen LogP contribution in [0.2, 0.25) is 0 Å². The molecule has 3 heteroatoms. The number of ether oxygens (including phenoxy) is 1. The van der Waals surface area contributed by atoms with Crippen molar-refractivity contribution in [2.75, 3.05) is 12.4 Å². The Morgan fingerprint density at radius 1 is 1.35 bits per heavy atom. The normalized spacial score (nSPS) is 18.3. The van der Waals surface area contributed by atoms with Crippen LogP contribution in [-0.2, 0) is 0 Å². The Balaban J connectivity index is 2.01. The van der Waals surface area contributed by atoms with Gasteiger partial charge >= 0.3 is 0 Å². The van der Waals surface area contributed by atoms with Gasteiger partial charge in [-0.05, 0) is 59.1 Å². The summed E-state index contributed by atoms with van der Waals surface area (Å²) in [4.78, 5) is 0. The largest absolute Gasteiger partial charge is 0.492 e. The summed E-state index contributed by atoms with van der Waals surface area (Å²) in [6, 6.07) is 6.22.